The van der Waals surface area contributed by atoms with E-state index in [0.29, 0.717) is 5.69 Å². The van der Waals surface area contributed by atoms with Crippen molar-refractivity contribution in [3.05, 3.63) is 34.9 Å². The lowest BCUT2D eigenvalue weighted by Crippen LogP contribution is -2.40. The highest BCUT2D eigenvalue weighted by molar-refractivity contribution is 5.98. The second-order valence-electron chi connectivity index (χ2n) is 4.90. The maximum Gasteiger partial charge on any atom is 0.416 e. The Morgan fingerprint density at radius 3 is 2.41 bits per heavy atom. The largest absolute Gasteiger partial charge is 0.481 e. The second-order valence-corrected chi connectivity index (χ2v) is 4.90. The van der Waals surface area contributed by atoms with Gasteiger partial charge in [-0.25, -0.2) is 4.79 Å². The minimum atomic E-state index is -4.54. The van der Waals surface area contributed by atoms with Crippen LogP contribution in [0.15, 0.2) is 23.8 Å². The average molecular weight is 315 g/mol. The van der Waals surface area contributed by atoms with Crippen LogP contribution in [0.1, 0.15) is 17.5 Å². The maximum absolute atomic E-state index is 12.7. The third-order valence-corrected chi connectivity index (χ3v) is 3.49. The zero-order valence-electron chi connectivity index (χ0n) is 11.4. The molecule has 0 radical (unpaired) electrons. The van der Waals surface area contributed by atoms with Crippen molar-refractivity contribution < 1.29 is 33.0 Å². The summed E-state index contributed by atoms with van der Waals surface area (Å²) in [7, 11) is 1.45. The molecular weight excluding hydrogens is 303 g/mol. The molecule has 0 aliphatic carbocycles. The maximum atomic E-state index is 12.7. The number of halogens is 3. The van der Waals surface area contributed by atoms with Crippen LogP contribution in [-0.2, 0) is 15.8 Å². The van der Waals surface area contributed by atoms with Crippen molar-refractivity contribution in [2.24, 2.45) is 0 Å². The summed E-state index contributed by atoms with van der Waals surface area (Å²) in [6.07, 6.45) is -3.90. The zero-order chi connectivity index (χ0) is 16.7. The lowest BCUT2D eigenvalue weighted by molar-refractivity contribution is -0.138. The third kappa shape index (κ3) is 2.90. The molecule has 1 aliphatic rings. The first-order valence-electron chi connectivity index (χ1n) is 6.22. The van der Waals surface area contributed by atoms with Crippen molar-refractivity contribution >= 4 is 23.7 Å². The number of alkyl halides is 3. The molecule has 0 fully saturated rings. The Hall–Kier alpha value is -2.51. The quantitative estimate of drug-likeness (QED) is 0.896. The van der Waals surface area contributed by atoms with Gasteiger partial charge in [-0.05, 0) is 29.8 Å². The first kappa shape index (κ1) is 15.9. The van der Waals surface area contributed by atoms with E-state index in [-0.39, 0.29) is 11.1 Å². The van der Waals surface area contributed by atoms with Gasteiger partial charge in [0, 0.05) is 12.7 Å². The summed E-state index contributed by atoms with van der Waals surface area (Å²) in [5.74, 6) is -2.56. The Morgan fingerprint density at radius 2 is 1.91 bits per heavy atom. The highest BCUT2D eigenvalue weighted by Gasteiger charge is 2.35. The lowest BCUT2D eigenvalue weighted by Gasteiger charge is -2.34. The fraction of sp³-hybridized carbons (Fsp3) is 0.286. The molecular formula is C14H12F3NO4. The molecule has 0 amide bonds. The number of anilines is 1. The van der Waals surface area contributed by atoms with Gasteiger partial charge in [0.15, 0.2) is 0 Å². The number of hydrogen-bond donors (Lipinski definition) is 2. The molecule has 2 rings (SSSR count). The molecule has 0 bridgehead atoms. The van der Waals surface area contributed by atoms with Crippen LogP contribution in [0.25, 0.3) is 6.08 Å². The fourth-order valence-corrected chi connectivity index (χ4v) is 2.42. The molecule has 2 N–H and O–H groups in total. The Labute approximate surface area is 123 Å². The predicted octanol–water partition coefficient (Wildman–Crippen LogP) is 2.47. The average Bonchev–Trinajstić information content (AvgIpc) is 2.39. The summed E-state index contributed by atoms with van der Waals surface area (Å²) in [5.41, 5.74) is -0.699. The Kier molecular flexibility index (Phi) is 3.87. The van der Waals surface area contributed by atoms with E-state index in [1.807, 2.05) is 0 Å². The third-order valence-electron chi connectivity index (χ3n) is 3.49. The van der Waals surface area contributed by atoms with E-state index < -0.39 is 36.1 Å². The lowest BCUT2D eigenvalue weighted by atomic mass is 9.92. The number of carboxylic acid groups (broad SMARTS) is 2. The van der Waals surface area contributed by atoms with E-state index in [1.165, 1.54) is 18.0 Å². The molecule has 0 saturated carbocycles. The van der Waals surface area contributed by atoms with Gasteiger partial charge in [0.1, 0.15) is 0 Å². The Bertz CT molecular complexity index is 667. The van der Waals surface area contributed by atoms with E-state index in [1.54, 1.807) is 0 Å². The minimum Gasteiger partial charge on any atom is -0.481 e. The van der Waals surface area contributed by atoms with Crippen LogP contribution in [0.3, 0.4) is 0 Å². The molecule has 1 unspecified atom stereocenters. The van der Waals surface area contributed by atoms with Crippen LogP contribution in [0.5, 0.6) is 0 Å². The number of likely N-dealkylation sites (N-methyl/N-ethyl adjacent to an activating group) is 1. The number of benzene rings is 1. The van der Waals surface area contributed by atoms with Crippen LogP contribution >= 0.6 is 0 Å². The van der Waals surface area contributed by atoms with Crippen LogP contribution in [0, 0.1) is 0 Å². The predicted molar refractivity (Wildman–Crippen MR) is 71.5 cm³/mol. The number of carboxylic acids is 2. The number of rotatable bonds is 3. The van der Waals surface area contributed by atoms with Gasteiger partial charge >= 0.3 is 18.1 Å². The number of hydrogen-bond acceptors (Lipinski definition) is 3. The minimum absolute atomic E-state index is 0.0939. The van der Waals surface area contributed by atoms with Gasteiger partial charge in [0.2, 0.25) is 0 Å². The first-order valence-corrected chi connectivity index (χ1v) is 6.22. The van der Waals surface area contributed by atoms with Crippen molar-refractivity contribution in [1.29, 1.82) is 0 Å². The molecule has 0 aromatic heterocycles. The number of carbonyl (C=O) groups is 2. The monoisotopic (exact) mass is 315 g/mol. The van der Waals surface area contributed by atoms with Crippen LogP contribution in [-0.4, -0.2) is 35.2 Å². The van der Waals surface area contributed by atoms with Crippen LogP contribution < -0.4 is 4.90 Å². The number of nitrogens with zero attached hydrogens (tertiary/aromatic N) is 1. The second kappa shape index (κ2) is 5.36. The summed E-state index contributed by atoms with van der Waals surface area (Å²) < 4.78 is 38.2. The number of fused-ring (bicyclic) bond motifs is 1. The van der Waals surface area contributed by atoms with E-state index in [4.69, 9.17) is 5.11 Å². The molecule has 1 heterocycles. The zero-order valence-corrected chi connectivity index (χ0v) is 11.4. The Balaban J connectivity index is 2.55. The Morgan fingerprint density at radius 1 is 1.27 bits per heavy atom. The smallest absolute Gasteiger partial charge is 0.416 e. The first-order chi connectivity index (χ1) is 10.1. The van der Waals surface area contributed by atoms with Crippen molar-refractivity contribution in [3.8, 4) is 0 Å². The summed E-state index contributed by atoms with van der Waals surface area (Å²) in [6, 6.07) is 2.00. The topological polar surface area (TPSA) is 77.8 Å². The molecule has 1 atom stereocenters. The normalized spacial score (nSPS) is 17.7. The molecule has 0 spiro atoms. The summed E-state index contributed by atoms with van der Waals surface area (Å²) in [5, 5.41) is 18.1. The van der Waals surface area contributed by atoms with Crippen molar-refractivity contribution in [1.82, 2.24) is 0 Å². The molecule has 0 saturated heterocycles. The highest BCUT2D eigenvalue weighted by Crippen LogP contribution is 2.37. The summed E-state index contributed by atoms with van der Waals surface area (Å²) in [6.45, 7) is 0. The molecule has 8 heteroatoms. The van der Waals surface area contributed by atoms with Gasteiger partial charge in [0.05, 0.1) is 23.6 Å². The van der Waals surface area contributed by atoms with Crippen molar-refractivity contribution in [3.63, 3.8) is 0 Å². The van der Waals surface area contributed by atoms with E-state index >= 15 is 0 Å². The van der Waals surface area contributed by atoms with Gasteiger partial charge in [-0.1, -0.05) is 0 Å². The van der Waals surface area contributed by atoms with Crippen molar-refractivity contribution in [2.75, 3.05) is 11.9 Å². The molecule has 118 valence electrons. The summed E-state index contributed by atoms with van der Waals surface area (Å²) in [4.78, 5) is 23.5. The molecule has 1 aliphatic heterocycles. The van der Waals surface area contributed by atoms with Gasteiger partial charge in [-0.15, -0.1) is 0 Å². The standard InChI is InChI=1S/C14H12F3NO4/c1-18-10-3-2-8(14(15,16)17)4-7(10)5-9(13(21)22)11(18)6-12(19)20/h2-5,11H,6H2,1H3,(H,19,20)(H,21,22). The van der Waals surface area contributed by atoms with Gasteiger partial charge in [0.25, 0.3) is 0 Å². The molecule has 1 aromatic rings. The van der Waals surface area contributed by atoms with Crippen molar-refractivity contribution in [2.45, 2.75) is 18.6 Å². The SMILES string of the molecule is CN1c2ccc(C(F)(F)F)cc2C=C(C(=O)O)C1CC(=O)O. The molecule has 1 aromatic carbocycles. The van der Waals surface area contributed by atoms with Crippen LogP contribution in [0.2, 0.25) is 0 Å². The molecule has 5 nitrogen and oxygen atoms in total. The van der Waals surface area contributed by atoms with E-state index in [2.05, 4.69) is 0 Å². The van der Waals surface area contributed by atoms with E-state index in [0.717, 1.165) is 18.2 Å². The van der Waals surface area contributed by atoms with Crippen LogP contribution in [0.4, 0.5) is 18.9 Å². The van der Waals surface area contributed by atoms with E-state index in [9.17, 15) is 27.9 Å². The highest BCUT2D eigenvalue weighted by atomic mass is 19.4. The molecule has 22 heavy (non-hydrogen) atoms. The van der Waals surface area contributed by atoms with Gasteiger partial charge in [-0.2, -0.15) is 13.2 Å². The summed E-state index contributed by atoms with van der Waals surface area (Å²) >= 11 is 0. The number of aliphatic carboxylic acids is 2. The van der Waals surface area contributed by atoms with Gasteiger partial charge in [-0.3, -0.25) is 4.79 Å². The fourth-order valence-electron chi connectivity index (χ4n) is 2.42. The van der Waals surface area contributed by atoms with Gasteiger partial charge < -0.3 is 15.1 Å².